The minimum absolute atomic E-state index is 0.125. The Balaban J connectivity index is 2.26. The molecular formula is C11H9N3OS. The maximum absolute atomic E-state index is 11.2. The van der Waals surface area contributed by atoms with Gasteiger partial charge in [0.15, 0.2) is 0 Å². The fourth-order valence-corrected chi connectivity index (χ4v) is 2.26. The molecular weight excluding hydrogens is 222 g/mol. The molecule has 0 saturated carbocycles. The van der Waals surface area contributed by atoms with Gasteiger partial charge in [0.25, 0.3) is 0 Å². The molecule has 0 aliphatic carbocycles. The summed E-state index contributed by atoms with van der Waals surface area (Å²) in [5.41, 5.74) is 1.64. The molecule has 1 aromatic carbocycles. The standard InChI is InChI=1S/C11H9N3OS/c1-7-13-9-3-2-8(6-10(9)16-7)14-11(15)4-5-12/h2-3,6H,4H2,1H3,(H,14,15). The van der Waals surface area contributed by atoms with Crippen molar-refractivity contribution in [3.63, 3.8) is 0 Å². The first kappa shape index (κ1) is 10.6. The Hall–Kier alpha value is -1.93. The van der Waals surface area contributed by atoms with Crippen LogP contribution in [-0.2, 0) is 4.79 Å². The van der Waals surface area contributed by atoms with Crippen LogP contribution in [-0.4, -0.2) is 10.9 Å². The largest absolute Gasteiger partial charge is 0.325 e. The number of nitrogens with zero attached hydrogens (tertiary/aromatic N) is 2. The third kappa shape index (κ3) is 2.18. The number of nitriles is 1. The predicted molar refractivity (Wildman–Crippen MR) is 63.2 cm³/mol. The summed E-state index contributed by atoms with van der Waals surface area (Å²) in [4.78, 5) is 15.5. The molecule has 0 aliphatic rings. The van der Waals surface area contributed by atoms with E-state index < -0.39 is 0 Å². The molecule has 0 fully saturated rings. The normalized spacial score (nSPS) is 10.0. The fraction of sp³-hybridized carbons (Fsp3) is 0.182. The van der Waals surface area contributed by atoms with Crippen LogP contribution in [0.1, 0.15) is 11.4 Å². The van der Waals surface area contributed by atoms with Crippen molar-refractivity contribution in [2.45, 2.75) is 13.3 Å². The molecule has 16 heavy (non-hydrogen) atoms. The van der Waals surface area contributed by atoms with Crippen molar-refractivity contribution >= 4 is 33.1 Å². The first-order chi connectivity index (χ1) is 7.69. The second kappa shape index (κ2) is 4.29. The van der Waals surface area contributed by atoms with Gasteiger partial charge in [-0.3, -0.25) is 4.79 Å². The number of fused-ring (bicyclic) bond motifs is 1. The van der Waals surface area contributed by atoms with Crippen molar-refractivity contribution < 1.29 is 4.79 Å². The van der Waals surface area contributed by atoms with E-state index in [0.717, 1.165) is 15.2 Å². The highest BCUT2D eigenvalue weighted by Crippen LogP contribution is 2.24. The topological polar surface area (TPSA) is 65.8 Å². The Bertz CT molecular complexity index is 582. The first-order valence-corrected chi connectivity index (χ1v) is 5.54. The minimum Gasteiger partial charge on any atom is -0.325 e. The van der Waals surface area contributed by atoms with Crippen LogP contribution < -0.4 is 5.32 Å². The van der Waals surface area contributed by atoms with Crippen molar-refractivity contribution in [1.29, 1.82) is 5.26 Å². The number of hydrogen-bond donors (Lipinski definition) is 1. The number of carbonyl (C=O) groups is 1. The van der Waals surface area contributed by atoms with Gasteiger partial charge in [-0.15, -0.1) is 11.3 Å². The van der Waals surface area contributed by atoms with E-state index in [2.05, 4.69) is 10.3 Å². The fourth-order valence-electron chi connectivity index (χ4n) is 1.39. The van der Waals surface area contributed by atoms with Crippen LogP contribution in [0.25, 0.3) is 10.2 Å². The van der Waals surface area contributed by atoms with E-state index in [1.165, 1.54) is 0 Å². The van der Waals surface area contributed by atoms with E-state index in [1.54, 1.807) is 17.4 Å². The molecule has 5 heteroatoms. The lowest BCUT2D eigenvalue weighted by Gasteiger charge is -2.01. The van der Waals surface area contributed by atoms with Crippen LogP contribution in [0.5, 0.6) is 0 Å². The molecule has 0 aliphatic heterocycles. The number of hydrogen-bond acceptors (Lipinski definition) is 4. The van der Waals surface area contributed by atoms with Crippen LogP contribution in [0.2, 0.25) is 0 Å². The average molecular weight is 231 g/mol. The zero-order chi connectivity index (χ0) is 11.5. The van der Waals surface area contributed by atoms with Crippen molar-refractivity contribution in [1.82, 2.24) is 4.98 Å². The lowest BCUT2D eigenvalue weighted by atomic mass is 10.3. The molecule has 0 bridgehead atoms. The first-order valence-electron chi connectivity index (χ1n) is 4.73. The van der Waals surface area contributed by atoms with Gasteiger partial charge in [0.2, 0.25) is 5.91 Å². The van der Waals surface area contributed by atoms with Gasteiger partial charge in [-0.05, 0) is 25.1 Å². The molecule has 1 amide bonds. The third-order valence-corrected chi connectivity index (χ3v) is 2.95. The van der Waals surface area contributed by atoms with E-state index in [0.29, 0.717) is 5.69 Å². The maximum Gasteiger partial charge on any atom is 0.238 e. The minimum atomic E-state index is -0.289. The lowest BCUT2D eigenvalue weighted by molar-refractivity contribution is -0.115. The predicted octanol–water partition coefficient (Wildman–Crippen LogP) is 2.46. The molecule has 0 saturated heterocycles. The number of aromatic nitrogens is 1. The number of nitrogens with one attached hydrogen (secondary N) is 1. The van der Waals surface area contributed by atoms with Gasteiger partial charge >= 0.3 is 0 Å². The monoisotopic (exact) mass is 231 g/mol. The summed E-state index contributed by atoms with van der Waals surface area (Å²) >= 11 is 1.58. The number of amides is 1. The molecule has 0 radical (unpaired) electrons. The van der Waals surface area contributed by atoms with Crippen molar-refractivity contribution in [2.75, 3.05) is 5.32 Å². The lowest BCUT2D eigenvalue weighted by Crippen LogP contribution is -2.09. The summed E-state index contributed by atoms with van der Waals surface area (Å²) in [5.74, 6) is -0.289. The number of carbonyl (C=O) groups excluding carboxylic acids is 1. The Kier molecular flexibility index (Phi) is 2.84. The maximum atomic E-state index is 11.2. The summed E-state index contributed by atoms with van der Waals surface area (Å²) in [6.45, 7) is 1.94. The highest BCUT2D eigenvalue weighted by molar-refractivity contribution is 7.18. The molecule has 80 valence electrons. The smallest absolute Gasteiger partial charge is 0.238 e. The second-order valence-electron chi connectivity index (χ2n) is 3.30. The van der Waals surface area contributed by atoms with Gasteiger partial charge < -0.3 is 5.32 Å². The second-order valence-corrected chi connectivity index (χ2v) is 4.53. The molecule has 1 N–H and O–H groups in total. The summed E-state index contributed by atoms with van der Waals surface area (Å²) in [7, 11) is 0. The number of aryl methyl sites for hydroxylation is 1. The van der Waals surface area contributed by atoms with Gasteiger partial charge in [0.1, 0.15) is 6.42 Å². The summed E-state index contributed by atoms with van der Waals surface area (Å²) in [6.07, 6.45) is -0.125. The highest BCUT2D eigenvalue weighted by atomic mass is 32.1. The molecule has 0 unspecified atom stereocenters. The molecule has 1 aromatic heterocycles. The van der Waals surface area contributed by atoms with Crippen molar-refractivity contribution in [3.05, 3.63) is 23.2 Å². The van der Waals surface area contributed by atoms with E-state index in [9.17, 15) is 4.79 Å². The van der Waals surface area contributed by atoms with Crippen LogP contribution in [0, 0.1) is 18.3 Å². The zero-order valence-electron chi connectivity index (χ0n) is 8.65. The van der Waals surface area contributed by atoms with Crippen LogP contribution >= 0.6 is 11.3 Å². The number of benzene rings is 1. The van der Waals surface area contributed by atoms with Crippen molar-refractivity contribution in [3.8, 4) is 6.07 Å². The van der Waals surface area contributed by atoms with E-state index in [4.69, 9.17) is 5.26 Å². The Morgan fingerprint density at radius 1 is 1.62 bits per heavy atom. The molecule has 0 atom stereocenters. The summed E-state index contributed by atoms with van der Waals surface area (Å²) in [5, 5.41) is 12.0. The number of rotatable bonds is 2. The van der Waals surface area contributed by atoms with E-state index in [-0.39, 0.29) is 12.3 Å². The number of thiazole rings is 1. The van der Waals surface area contributed by atoms with E-state index >= 15 is 0 Å². The Morgan fingerprint density at radius 2 is 2.44 bits per heavy atom. The zero-order valence-corrected chi connectivity index (χ0v) is 9.47. The van der Waals surface area contributed by atoms with Crippen LogP contribution in [0.15, 0.2) is 18.2 Å². The summed E-state index contributed by atoms with van der Waals surface area (Å²) in [6, 6.07) is 7.33. The quantitative estimate of drug-likeness (QED) is 0.863. The van der Waals surface area contributed by atoms with Gasteiger partial charge in [-0.2, -0.15) is 5.26 Å². The van der Waals surface area contributed by atoms with Crippen molar-refractivity contribution in [2.24, 2.45) is 0 Å². The highest BCUT2D eigenvalue weighted by Gasteiger charge is 2.04. The molecule has 0 spiro atoms. The Labute approximate surface area is 96.5 Å². The molecule has 2 rings (SSSR count). The van der Waals surface area contributed by atoms with Gasteiger partial charge in [0.05, 0.1) is 21.3 Å². The van der Waals surface area contributed by atoms with Crippen LogP contribution in [0.3, 0.4) is 0 Å². The average Bonchev–Trinajstić information content (AvgIpc) is 2.57. The molecule has 2 aromatic rings. The summed E-state index contributed by atoms with van der Waals surface area (Å²) < 4.78 is 1.03. The molecule has 4 nitrogen and oxygen atoms in total. The SMILES string of the molecule is Cc1nc2ccc(NC(=O)CC#N)cc2s1. The van der Waals surface area contributed by atoms with E-state index in [1.807, 2.05) is 25.1 Å². The number of anilines is 1. The van der Waals surface area contributed by atoms with Gasteiger partial charge in [0, 0.05) is 5.69 Å². The Morgan fingerprint density at radius 3 is 3.19 bits per heavy atom. The molecule has 1 heterocycles. The van der Waals surface area contributed by atoms with Crippen LogP contribution in [0.4, 0.5) is 5.69 Å². The van der Waals surface area contributed by atoms with Gasteiger partial charge in [-0.25, -0.2) is 4.98 Å². The van der Waals surface area contributed by atoms with Gasteiger partial charge in [-0.1, -0.05) is 0 Å². The third-order valence-electron chi connectivity index (χ3n) is 2.02.